The number of nitrogens with one attached hydrogen (secondary N) is 2. The molecule has 0 saturated carbocycles. The van der Waals surface area contributed by atoms with Gasteiger partial charge >= 0.3 is 0 Å². The smallest absolute Gasteiger partial charge is 0.276 e. The van der Waals surface area contributed by atoms with Crippen LogP contribution in [0.2, 0.25) is 0 Å². The first-order valence-corrected chi connectivity index (χ1v) is 7.83. The Labute approximate surface area is 146 Å². The van der Waals surface area contributed by atoms with Gasteiger partial charge in [0.1, 0.15) is 0 Å². The van der Waals surface area contributed by atoms with E-state index in [-0.39, 0.29) is 29.6 Å². The molecule has 6 nitrogen and oxygen atoms in total. The molecule has 0 unspecified atom stereocenters. The Balaban J connectivity index is 0.00000208. The Morgan fingerprint density at radius 2 is 1.92 bits per heavy atom. The fourth-order valence-electron chi connectivity index (χ4n) is 2.76. The maximum absolute atomic E-state index is 12.4. The van der Waals surface area contributed by atoms with Crippen LogP contribution in [0.1, 0.15) is 29.0 Å². The third-order valence-electron chi connectivity index (χ3n) is 4.00. The van der Waals surface area contributed by atoms with Crippen LogP contribution in [-0.2, 0) is 0 Å². The number of aromatic nitrogens is 2. The number of halogens is 1. The van der Waals surface area contributed by atoms with Crippen molar-refractivity contribution in [3.05, 3.63) is 58.0 Å². The molecular weight excluding hydrogens is 328 g/mol. The highest BCUT2D eigenvalue weighted by Crippen LogP contribution is 2.08. The van der Waals surface area contributed by atoms with Crippen LogP contribution in [0.15, 0.2) is 41.2 Å². The van der Waals surface area contributed by atoms with Crippen molar-refractivity contribution in [1.29, 1.82) is 0 Å². The van der Waals surface area contributed by atoms with Gasteiger partial charge in [-0.3, -0.25) is 9.59 Å². The molecule has 0 bridgehead atoms. The SMILES string of the molecule is Cc1cc(=O)c(C(=O)NC2CCNCC2)nn1-c1ccccc1.Cl. The number of hydrogen-bond acceptors (Lipinski definition) is 4. The fraction of sp³-hybridized carbons (Fsp3) is 0.353. The summed E-state index contributed by atoms with van der Waals surface area (Å²) in [6.45, 7) is 3.55. The highest BCUT2D eigenvalue weighted by Gasteiger charge is 2.20. The van der Waals surface area contributed by atoms with E-state index in [0.717, 1.165) is 31.6 Å². The summed E-state index contributed by atoms with van der Waals surface area (Å²) in [7, 11) is 0. The quantitative estimate of drug-likeness (QED) is 0.880. The standard InChI is InChI=1S/C17H20N4O2.ClH/c1-12-11-15(22)16(17(23)19-13-7-9-18-10-8-13)20-21(12)14-5-3-2-4-6-14;/h2-6,11,13,18H,7-10H2,1H3,(H,19,23);1H. The van der Waals surface area contributed by atoms with Gasteiger partial charge < -0.3 is 10.6 Å². The van der Waals surface area contributed by atoms with Gasteiger partial charge in [0.05, 0.1) is 5.69 Å². The van der Waals surface area contributed by atoms with E-state index in [2.05, 4.69) is 15.7 Å². The summed E-state index contributed by atoms with van der Waals surface area (Å²) in [5.41, 5.74) is 1.11. The van der Waals surface area contributed by atoms with Crippen LogP contribution in [0, 0.1) is 6.92 Å². The number of para-hydroxylation sites is 1. The molecule has 1 fully saturated rings. The average Bonchev–Trinajstić information content (AvgIpc) is 2.56. The second kappa shape index (κ2) is 8.08. The van der Waals surface area contributed by atoms with Crippen LogP contribution < -0.4 is 16.1 Å². The number of carbonyl (C=O) groups is 1. The predicted molar refractivity (Wildman–Crippen MR) is 95.2 cm³/mol. The summed E-state index contributed by atoms with van der Waals surface area (Å²) in [5, 5.41) is 10.4. The largest absolute Gasteiger partial charge is 0.348 e. The van der Waals surface area contributed by atoms with Crippen molar-refractivity contribution in [2.75, 3.05) is 13.1 Å². The molecule has 1 aliphatic heterocycles. The van der Waals surface area contributed by atoms with E-state index in [0.29, 0.717) is 5.69 Å². The molecular formula is C17H21ClN4O2. The minimum Gasteiger partial charge on any atom is -0.348 e. The molecule has 2 N–H and O–H groups in total. The van der Waals surface area contributed by atoms with Crippen molar-refractivity contribution in [1.82, 2.24) is 20.4 Å². The second-order valence-electron chi connectivity index (χ2n) is 5.74. The van der Waals surface area contributed by atoms with E-state index in [1.54, 1.807) is 11.6 Å². The van der Waals surface area contributed by atoms with E-state index in [4.69, 9.17) is 0 Å². The van der Waals surface area contributed by atoms with Crippen molar-refractivity contribution < 1.29 is 4.79 Å². The first kappa shape index (κ1) is 18.2. The third-order valence-corrected chi connectivity index (χ3v) is 4.00. The van der Waals surface area contributed by atoms with Gasteiger partial charge in [0.2, 0.25) is 5.43 Å². The van der Waals surface area contributed by atoms with Crippen molar-refractivity contribution in [3.63, 3.8) is 0 Å². The van der Waals surface area contributed by atoms with Gasteiger partial charge in [-0.2, -0.15) is 5.10 Å². The highest BCUT2D eigenvalue weighted by molar-refractivity contribution is 5.92. The number of piperidine rings is 1. The summed E-state index contributed by atoms with van der Waals surface area (Å²) in [6, 6.07) is 11.0. The summed E-state index contributed by atoms with van der Waals surface area (Å²) in [6.07, 6.45) is 1.73. The van der Waals surface area contributed by atoms with Crippen molar-refractivity contribution >= 4 is 18.3 Å². The van der Waals surface area contributed by atoms with Gasteiger partial charge in [0.25, 0.3) is 5.91 Å². The monoisotopic (exact) mass is 348 g/mol. The lowest BCUT2D eigenvalue weighted by molar-refractivity contribution is 0.0921. The van der Waals surface area contributed by atoms with Crippen LogP contribution in [0.5, 0.6) is 0 Å². The number of aryl methyl sites for hydroxylation is 1. The molecule has 0 aliphatic carbocycles. The first-order chi connectivity index (χ1) is 11.1. The molecule has 1 aromatic carbocycles. The number of nitrogens with zero attached hydrogens (tertiary/aromatic N) is 2. The summed E-state index contributed by atoms with van der Waals surface area (Å²) in [4.78, 5) is 24.6. The lowest BCUT2D eigenvalue weighted by Crippen LogP contribution is -2.44. The van der Waals surface area contributed by atoms with Crippen LogP contribution in [0.3, 0.4) is 0 Å². The Morgan fingerprint density at radius 1 is 1.25 bits per heavy atom. The number of carbonyl (C=O) groups excluding carboxylic acids is 1. The van der Waals surface area contributed by atoms with Crippen LogP contribution >= 0.6 is 12.4 Å². The zero-order valence-electron chi connectivity index (χ0n) is 13.5. The predicted octanol–water partition coefficient (Wildman–Crippen LogP) is 1.44. The fourth-order valence-corrected chi connectivity index (χ4v) is 2.76. The number of amides is 1. The molecule has 24 heavy (non-hydrogen) atoms. The van der Waals surface area contributed by atoms with Gasteiger partial charge in [0, 0.05) is 17.8 Å². The highest BCUT2D eigenvalue weighted by atomic mass is 35.5. The lowest BCUT2D eigenvalue weighted by Gasteiger charge is -2.23. The summed E-state index contributed by atoms with van der Waals surface area (Å²) >= 11 is 0. The van der Waals surface area contributed by atoms with Crippen LogP contribution in [0.25, 0.3) is 5.69 Å². The maximum atomic E-state index is 12.4. The van der Waals surface area contributed by atoms with E-state index >= 15 is 0 Å². The normalized spacial score (nSPS) is 14.7. The maximum Gasteiger partial charge on any atom is 0.276 e. The van der Waals surface area contributed by atoms with E-state index in [9.17, 15) is 9.59 Å². The van der Waals surface area contributed by atoms with Crippen molar-refractivity contribution in [3.8, 4) is 5.69 Å². The zero-order chi connectivity index (χ0) is 16.2. The third kappa shape index (κ3) is 4.01. The van der Waals surface area contributed by atoms with Gasteiger partial charge in [-0.25, -0.2) is 4.68 Å². The number of benzene rings is 1. The average molecular weight is 349 g/mol. The molecule has 1 saturated heterocycles. The molecule has 1 aliphatic rings. The summed E-state index contributed by atoms with van der Waals surface area (Å²) in [5.74, 6) is -0.397. The molecule has 128 valence electrons. The zero-order valence-corrected chi connectivity index (χ0v) is 14.3. The molecule has 3 rings (SSSR count). The molecule has 7 heteroatoms. The lowest BCUT2D eigenvalue weighted by atomic mass is 10.1. The summed E-state index contributed by atoms with van der Waals surface area (Å²) < 4.78 is 1.62. The van der Waals surface area contributed by atoms with Crippen molar-refractivity contribution in [2.24, 2.45) is 0 Å². The molecule has 2 heterocycles. The molecule has 0 radical (unpaired) electrons. The van der Waals surface area contributed by atoms with E-state index in [1.165, 1.54) is 6.07 Å². The van der Waals surface area contributed by atoms with Gasteiger partial charge in [-0.1, -0.05) is 18.2 Å². The Bertz CT molecular complexity index is 755. The van der Waals surface area contributed by atoms with Gasteiger partial charge in [-0.15, -0.1) is 12.4 Å². The first-order valence-electron chi connectivity index (χ1n) is 7.83. The number of hydrogen-bond donors (Lipinski definition) is 2. The van der Waals surface area contributed by atoms with E-state index < -0.39 is 5.91 Å². The molecule has 1 aromatic heterocycles. The number of rotatable bonds is 3. The molecule has 2 aromatic rings. The Hall–Kier alpha value is -2.18. The van der Waals surface area contributed by atoms with Crippen LogP contribution in [-0.4, -0.2) is 34.8 Å². The van der Waals surface area contributed by atoms with Gasteiger partial charge in [0.15, 0.2) is 5.69 Å². The minimum atomic E-state index is -0.397. The molecule has 1 amide bonds. The van der Waals surface area contributed by atoms with Crippen LogP contribution in [0.4, 0.5) is 0 Å². The van der Waals surface area contributed by atoms with Gasteiger partial charge in [-0.05, 0) is 45.0 Å². The topological polar surface area (TPSA) is 76.0 Å². The second-order valence-corrected chi connectivity index (χ2v) is 5.74. The Kier molecular flexibility index (Phi) is 6.11. The van der Waals surface area contributed by atoms with Crippen molar-refractivity contribution in [2.45, 2.75) is 25.8 Å². The Morgan fingerprint density at radius 3 is 2.58 bits per heavy atom. The van der Waals surface area contributed by atoms with E-state index in [1.807, 2.05) is 30.3 Å². The molecule has 0 spiro atoms. The molecule has 0 atom stereocenters. The minimum absolute atomic E-state index is 0.